The number of nitrogens with one attached hydrogen (secondary N) is 2. The molecule has 2 fully saturated rings. The van der Waals surface area contributed by atoms with E-state index in [0.717, 1.165) is 45.3 Å². The van der Waals surface area contributed by atoms with Crippen molar-refractivity contribution in [1.82, 2.24) is 20.7 Å². The second-order valence-electron chi connectivity index (χ2n) is 10.00. The van der Waals surface area contributed by atoms with Gasteiger partial charge in [-0.2, -0.15) is 0 Å². The molecule has 1 aromatic rings. The Morgan fingerprint density at radius 2 is 2.11 bits per heavy atom. The molecule has 2 saturated heterocycles. The van der Waals surface area contributed by atoms with Crippen molar-refractivity contribution in [3.05, 3.63) is 34.6 Å². The predicted molar refractivity (Wildman–Crippen MR) is 143 cm³/mol. The molecule has 1 aromatic carbocycles. The Morgan fingerprint density at radius 3 is 2.87 bits per heavy atom. The van der Waals surface area contributed by atoms with Crippen LogP contribution in [-0.2, 0) is 14.2 Å². The number of alkyl carbamates (subject to hydrolysis) is 1. The second-order valence-corrected chi connectivity index (χ2v) is 10.4. The summed E-state index contributed by atoms with van der Waals surface area (Å²) in [6, 6.07) is 4.30. The molecule has 2 N–H and O–H groups in total. The number of likely N-dealkylation sites (tertiary alicyclic amines) is 1. The van der Waals surface area contributed by atoms with Gasteiger partial charge in [0.05, 0.1) is 19.8 Å². The van der Waals surface area contributed by atoms with Gasteiger partial charge < -0.3 is 24.4 Å². The highest BCUT2D eigenvalue weighted by Gasteiger charge is 2.33. The van der Waals surface area contributed by atoms with Crippen LogP contribution in [0, 0.1) is 17.7 Å². The first-order valence-corrected chi connectivity index (χ1v) is 14.0. The van der Waals surface area contributed by atoms with Crippen molar-refractivity contribution < 1.29 is 28.2 Å². The van der Waals surface area contributed by atoms with Gasteiger partial charge in [-0.15, -0.1) is 0 Å². The highest BCUT2D eigenvalue weighted by molar-refractivity contribution is 6.30. The third-order valence-electron chi connectivity index (χ3n) is 7.22. The molecule has 9 nitrogen and oxygen atoms in total. The van der Waals surface area contributed by atoms with Gasteiger partial charge in [-0.25, -0.2) is 19.4 Å². The Balaban J connectivity index is 1.61. The number of nitrogens with zero attached hydrogens (tertiary/aromatic N) is 2. The van der Waals surface area contributed by atoms with Crippen molar-refractivity contribution in [3.63, 3.8) is 0 Å². The number of hydrogen-bond acceptors (Lipinski definition) is 6. The van der Waals surface area contributed by atoms with E-state index in [1.54, 1.807) is 18.1 Å². The van der Waals surface area contributed by atoms with Gasteiger partial charge >= 0.3 is 12.1 Å². The van der Waals surface area contributed by atoms with E-state index in [1.165, 1.54) is 32.1 Å². The van der Waals surface area contributed by atoms with Crippen LogP contribution in [0.3, 0.4) is 0 Å². The quantitative estimate of drug-likeness (QED) is 0.302. The summed E-state index contributed by atoms with van der Waals surface area (Å²) < 4.78 is 30.7. The summed E-state index contributed by atoms with van der Waals surface area (Å²) >= 11 is 6.15. The minimum atomic E-state index is -0.549. The number of methoxy groups -OCH3 is 1. The molecule has 38 heavy (non-hydrogen) atoms. The number of rotatable bonds is 11. The summed E-state index contributed by atoms with van der Waals surface area (Å²) in [4.78, 5) is 26.7. The van der Waals surface area contributed by atoms with Crippen molar-refractivity contribution in [3.8, 4) is 0 Å². The number of hydrogen-bond donors (Lipinski definition) is 2. The number of halogens is 2. The van der Waals surface area contributed by atoms with Crippen molar-refractivity contribution in [1.29, 1.82) is 0 Å². The lowest BCUT2D eigenvalue weighted by Crippen LogP contribution is -2.52. The van der Waals surface area contributed by atoms with Crippen molar-refractivity contribution >= 4 is 23.7 Å². The standard InChI is InChI=1S/C27H42ClFN4O5/c1-30-33(12-5-8-20-7-3-4-13-37-19-20)27(35)32-11-6-9-21(18-32)25(38-14-10-31-26(34)36-2)22-15-23(28)17-24(29)16-22/h15-17,20-21,25,30H,3-14,18-19H2,1-2H3,(H,31,34)/t20?,21?,25-/m1/s1. The van der Waals surface area contributed by atoms with Crippen LogP contribution >= 0.6 is 11.6 Å². The van der Waals surface area contributed by atoms with Crippen LogP contribution in [0.2, 0.25) is 5.02 Å². The van der Waals surface area contributed by atoms with E-state index in [4.69, 9.17) is 21.1 Å². The molecule has 0 radical (unpaired) electrons. The van der Waals surface area contributed by atoms with Gasteiger partial charge in [0, 0.05) is 57.4 Å². The number of carbonyl (C=O) groups excluding carboxylic acids is 2. The zero-order valence-corrected chi connectivity index (χ0v) is 23.3. The lowest BCUT2D eigenvalue weighted by atomic mass is 9.88. The average Bonchev–Trinajstić information content (AvgIpc) is 3.19. The van der Waals surface area contributed by atoms with E-state index < -0.39 is 18.0 Å². The lowest BCUT2D eigenvalue weighted by Gasteiger charge is -2.39. The van der Waals surface area contributed by atoms with E-state index in [0.29, 0.717) is 31.1 Å². The van der Waals surface area contributed by atoms with Crippen molar-refractivity contribution in [2.75, 3.05) is 60.2 Å². The van der Waals surface area contributed by atoms with Crippen LogP contribution in [0.25, 0.3) is 0 Å². The lowest BCUT2D eigenvalue weighted by molar-refractivity contribution is -0.0116. The maximum absolute atomic E-state index is 14.2. The van der Waals surface area contributed by atoms with Crippen LogP contribution in [0.15, 0.2) is 18.2 Å². The zero-order chi connectivity index (χ0) is 27.3. The summed E-state index contributed by atoms with van der Waals surface area (Å²) in [5.74, 6) is 0.0406. The fraction of sp³-hybridized carbons (Fsp3) is 0.704. The van der Waals surface area contributed by atoms with Gasteiger partial charge in [-0.05, 0) is 68.2 Å². The fourth-order valence-electron chi connectivity index (χ4n) is 5.30. The van der Waals surface area contributed by atoms with E-state index in [9.17, 15) is 14.0 Å². The molecule has 0 aliphatic carbocycles. The van der Waals surface area contributed by atoms with E-state index in [2.05, 4.69) is 15.5 Å². The molecule has 2 aliphatic rings. The largest absolute Gasteiger partial charge is 0.453 e. The Bertz CT molecular complexity index is 867. The summed E-state index contributed by atoms with van der Waals surface area (Å²) in [6.07, 6.45) is 6.02. The van der Waals surface area contributed by atoms with Gasteiger partial charge in [0.2, 0.25) is 0 Å². The predicted octanol–water partition coefficient (Wildman–Crippen LogP) is 4.76. The first-order valence-electron chi connectivity index (χ1n) is 13.6. The highest BCUT2D eigenvalue weighted by Crippen LogP contribution is 2.34. The van der Waals surface area contributed by atoms with E-state index >= 15 is 0 Å². The van der Waals surface area contributed by atoms with Gasteiger partial charge in [0.15, 0.2) is 0 Å². The maximum Gasteiger partial charge on any atom is 0.406 e. The SMILES string of the molecule is CNN(CCCC1CCCCOC1)C(=O)N1CCCC([C@@H](OCCNC(=O)OC)c2cc(F)cc(Cl)c2)C1. The number of piperidine rings is 1. The molecular weight excluding hydrogens is 515 g/mol. The van der Waals surface area contributed by atoms with Crippen LogP contribution < -0.4 is 10.7 Å². The normalized spacial score (nSPS) is 20.9. The van der Waals surface area contributed by atoms with Gasteiger partial charge in [0.1, 0.15) is 5.82 Å². The monoisotopic (exact) mass is 556 g/mol. The first-order chi connectivity index (χ1) is 18.4. The summed E-state index contributed by atoms with van der Waals surface area (Å²) in [6.45, 7) is 3.82. The molecule has 11 heteroatoms. The van der Waals surface area contributed by atoms with E-state index in [-0.39, 0.29) is 30.1 Å². The van der Waals surface area contributed by atoms with Crippen LogP contribution in [0.5, 0.6) is 0 Å². The molecule has 2 heterocycles. The maximum atomic E-state index is 14.2. The van der Waals surface area contributed by atoms with Crippen LogP contribution in [0.1, 0.15) is 56.6 Å². The first kappa shape index (κ1) is 30.4. The Labute approximate surface area is 230 Å². The fourth-order valence-corrected chi connectivity index (χ4v) is 5.53. The second kappa shape index (κ2) is 16.1. The number of hydrazine groups is 1. The molecule has 0 bridgehead atoms. The number of urea groups is 1. The molecule has 0 saturated carbocycles. The summed E-state index contributed by atoms with van der Waals surface area (Å²) in [5.41, 5.74) is 3.67. The molecule has 3 atom stereocenters. The van der Waals surface area contributed by atoms with Gasteiger partial charge in [0.25, 0.3) is 0 Å². The molecular formula is C27H42ClFN4O5. The third-order valence-corrected chi connectivity index (χ3v) is 7.44. The van der Waals surface area contributed by atoms with Crippen LogP contribution in [-0.4, -0.2) is 82.2 Å². The van der Waals surface area contributed by atoms with Crippen LogP contribution in [0.4, 0.5) is 14.0 Å². The third kappa shape index (κ3) is 9.55. The van der Waals surface area contributed by atoms with E-state index in [1.807, 2.05) is 4.90 Å². The minimum absolute atomic E-state index is 0.0643. The topological polar surface area (TPSA) is 92.4 Å². The van der Waals surface area contributed by atoms with Gasteiger partial charge in [-0.1, -0.05) is 18.0 Å². The summed E-state index contributed by atoms with van der Waals surface area (Å²) in [5, 5.41) is 4.55. The van der Waals surface area contributed by atoms with Crippen molar-refractivity contribution in [2.45, 2.75) is 51.0 Å². The number of carbonyl (C=O) groups is 2. The number of benzene rings is 1. The smallest absolute Gasteiger partial charge is 0.406 e. The zero-order valence-electron chi connectivity index (χ0n) is 22.6. The summed E-state index contributed by atoms with van der Waals surface area (Å²) in [7, 11) is 3.06. The van der Waals surface area contributed by atoms with Crippen molar-refractivity contribution in [2.24, 2.45) is 11.8 Å². The average molecular weight is 557 g/mol. The molecule has 0 spiro atoms. The number of amides is 3. The molecule has 2 unspecified atom stereocenters. The Morgan fingerprint density at radius 1 is 1.26 bits per heavy atom. The minimum Gasteiger partial charge on any atom is -0.453 e. The van der Waals surface area contributed by atoms with Gasteiger partial charge in [-0.3, -0.25) is 5.01 Å². The molecule has 214 valence electrons. The molecule has 3 rings (SSSR count). The molecule has 2 aliphatic heterocycles. The Hall–Kier alpha value is -2.14. The molecule has 0 aromatic heterocycles. The Kier molecular flexibility index (Phi) is 12.9. The highest BCUT2D eigenvalue weighted by atomic mass is 35.5. The number of ether oxygens (including phenoxy) is 3. The molecule has 3 amide bonds.